The smallest absolute Gasteiger partial charge is 0.254 e. The fourth-order valence-electron chi connectivity index (χ4n) is 3.46. The third-order valence-electron chi connectivity index (χ3n) is 5.29. The first-order valence-corrected chi connectivity index (χ1v) is 10.1. The van der Waals surface area contributed by atoms with Gasteiger partial charge in [-0.25, -0.2) is 0 Å². The molecule has 0 bridgehead atoms. The molecule has 1 saturated heterocycles. The van der Waals surface area contributed by atoms with Crippen molar-refractivity contribution in [3.63, 3.8) is 0 Å². The van der Waals surface area contributed by atoms with Crippen LogP contribution in [-0.4, -0.2) is 59.1 Å². The van der Waals surface area contributed by atoms with Crippen LogP contribution in [0.25, 0.3) is 0 Å². The lowest BCUT2D eigenvalue weighted by Crippen LogP contribution is -2.59. The molecule has 0 aromatic heterocycles. The van der Waals surface area contributed by atoms with E-state index in [0.717, 1.165) is 36.0 Å². The minimum absolute atomic E-state index is 0. The minimum Gasteiger partial charge on any atom is -0.335 e. The molecule has 2 N–H and O–H groups in total. The van der Waals surface area contributed by atoms with Crippen molar-refractivity contribution in [1.29, 1.82) is 0 Å². The highest BCUT2D eigenvalue weighted by atomic mass is 35.5. The van der Waals surface area contributed by atoms with E-state index in [2.05, 4.69) is 19.6 Å². The number of hydrogen-bond donors (Lipinski definition) is 2. The van der Waals surface area contributed by atoms with E-state index in [1.165, 1.54) is 0 Å². The molecule has 1 fully saturated rings. The van der Waals surface area contributed by atoms with Gasteiger partial charge >= 0.3 is 0 Å². The summed E-state index contributed by atoms with van der Waals surface area (Å²) in [6.07, 6.45) is 2.97. The number of piperazine rings is 1. The molecule has 0 aliphatic carbocycles. The van der Waals surface area contributed by atoms with Crippen LogP contribution in [0.3, 0.4) is 0 Å². The lowest BCUT2D eigenvalue weighted by atomic mass is 10.00. The van der Waals surface area contributed by atoms with Crippen molar-refractivity contribution >= 4 is 36.9 Å². The largest absolute Gasteiger partial charge is 0.335 e. The number of unbranched alkanes of at least 4 members (excludes halogenated alkanes) is 1. The molecule has 1 aliphatic rings. The van der Waals surface area contributed by atoms with Crippen molar-refractivity contribution in [2.45, 2.75) is 52.1 Å². The summed E-state index contributed by atoms with van der Waals surface area (Å²) in [7, 11) is 0. The maximum atomic E-state index is 13.0. The standard InChI is InChI=1S/C20H31N3O2S.ClH/c1-4-5-8-16-12-22(10-11-23(16)20(25)18(21)13-26)19(24)17-9-6-7-14(2)15(17)3;/h6-7,9,16,18,26H,4-5,8,10-13,21H2,1-3H3;1H. The van der Waals surface area contributed by atoms with Crippen molar-refractivity contribution in [3.05, 3.63) is 34.9 Å². The van der Waals surface area contributed by atoms with Crippen molar-refractivity contribution in [2.75, 3.05) is 25.4 Å². The Hall–Kier alpha value is -1.24. The zero-order chi connectivity index (χ0) is 19.3. The van der Waals surface area contributed by atoms with Gasteiger partial charge in [0.05, 0.1) is 6.04 Å². The number of carbonyl (C=O) groups is 2. The zero-order valence-electron chi connectivity index (χ0n) is 16.5. The fraction of sp³-hybridized carbons (Fsp3) is 0.600. The number of thiol groups is 1. The molecular formula is C20H32ClN3O2S. The predicted molar refractivity (Wildman–Crippen MR) is 116 cm³/mol. The Morgan fingerprint density at radius 1 is 1.30 bits per heavy atom. The monoisotopic (exact) mass is 413 g/mol. The molecule has 2 rings (SSSR count). The van der Waals surface area contributed by atoms with E-state index in [1.807, 2.05) is 41.8 Å². The second-order valence-corrected chi connectivity index (χ2v) is 7.48. The maximum Gasteiger partial charge on any atom is 0.254 e. The molecule has 152 valence electrons. The molecule has 5 nitrogen and oxygen atoms in total. The maximum absolute atomic E-state index is 13.0. The molecule has 0 spiro atoms. The van der Waals surface area contributed by atoms with E-state index >= 15 is 0 Å². The second-order valence-electron chi connectivity index (χ2n) is 7.12. The van der Waals surface area contributed by atoms with Crippen LogP contribution in [0.15, 0.2) is 18.2 Å². The highest BCUT2D eigenvalue weighted by molar-refractivity contribution is 7.80. The minimum atomic E-state index is -0.580. The SMILES string of the molecule is CCCCC1CN(C(=O)c2cccc(C)c2C)CCN1C(=O)C(N)CS.Cl. The van der Waals surface area contributed by atoms with Crippen LogP contribution in [-0.2, 0) is 4.79 Å². The predicted octanol–water partition coefficient (Wildman–Crippen LogP) is 2.83. The van der Waals surface area contributed by atoms with Gasteiger partial charge in [0.1, 0.15) is 0 Å². The second kappa shape index (κ2) is 10.9. The number of amides is 2. The summed E-state index contributed by atoms with van der Waals surface area (Å²) in [4.78, 5) is 29.4. The summed E-state index contributed by atoms with van der Waals surface area (Å²) < 4.78 is 0. The molecule has 0 radical (unpaired) electrons. The summed E-state index contributed by atoms with van der Waals surface area (Å²) in [5.41, 5.74) is 8.81. The fourth-order valence-corrected chi connectivity index (χ4v) is 3.62. The number of rotatable bonds is 6. The molecule has 27 heavy (non-hydrogen) atoms. The van der Waals surface area contributed by atoms with E-state index in [4.69, 9.17) is 5.73 Å². The van der Waals surface area contributed by atoms with Gasteiger partial charge in [0, 0.05) is 37.0 Å². The van der Waals surface area contributed by atoms with E-state index in [9.17, 15) is 9.59 Å². The van der Waals surface area contributed by atoms with Gasteiger partial charge in [-0.2, -0.15) is 12.6 Å². The third kappa shape index (κ3) is 5.62. The van der Waals surface area contributed by atoms with Crippen LogP contribution < -0.4 is 5.73 Å². The molecule has 1 heterocycles. The van der Waals surface area contributed by atoms with Crippen molar-refractivity contribution in [3.8, 4) is 0 Å². The van der Waals surface area contributed by atoms with Crippen molar-refractivity contribution < 1.29 is 9.59 Å². The third-order valence-corrected chi connectivity index (χ3v) is 5.69. The highest BCUT2D eigenvalue weighted by Gasteiger charge is 2.34. The summed E-state index contributed by atoms with van der Waals surface area (Å²) in [6.45, 7) is 7.78. The molecular weight excluding hydrogens is 382 g/mol. The Morgan fingerprint density at radius 2 is 2.00 bits per heavy atom. The number of aryl methyl sites for hydroxylation is 1. The lowest BCUT2D eigenvalue weighted by molar-refractivity contribution is -0.136. The number of hydrogen-bond acceptors (Lipinski definition) is 4. The van der Waals surface area contributed by atoms with Gasteiger partial charge in [0.2, 0.25) is 5.91 Å². The van der Waals surface area contributed by atoms with Crippen LogP contribution in [0.4, 0.5) is 0 Å². The van der Waals surface area contributed by atoms with Crippen molar-refractivity contribution in [1.82, 2.24) is 9.80 Å². The Kier molecular flexibility index (Phi) is 9.63. The molecule has 0 saturated carbocycles. The van der Waals surface area contributed by atoms with Crippen LogP contribution in [0.2, 0.25) is 0 Å². The van der Waals surface area contributed by atoms with Gasteiger partial charge in [-0.3, -0.25) is 9.59 Å². The van der Waals surface area contributed by atoms with Crippen LogP contribution in [0, 0.1) is 13.8 Å². The molecule has 1 aliphatic heterocycles. The van der Waals surface area contributed by atoms with Crippen LogP contribution >= 0.6 is 25.0 Å². The number of halogens is 1. The number of nitrogens with two attached hydrogens (primary N) is 1. The van der Waals surface area contributed by atoms with Gasteiger partial charge in [0.25, 0.3) is 5.91 Å². The van der Waals surface area contributed by atoms with Gasteiger partial charge < -0.3 is 15.5 Å². The summed E-state index contributed by atoms with van der Waals surface area (Å²) in [5.74, 6) is 0.333. The van der Waals surface area contributed by atoms with Crippen molar-refractivity contribution in [2.24, 2.45) is 5.73 Å². The normalized spacial score (nSPS) is 18.0. The summed E-state index contributed by atoms with van der Waals surface area (Å²) >= 11 is 4.16. The number of benzene rings is 1. The Bertz CT molecular complexity index is 656. The lowest BCUT2D eigenvalue weighted by Gasteiger charge is -2.42. The van der Waals surface area contributed by atoms with Crippen LogP contribution in [0.5, 0.6) is 0 Å². The first-order valence-electron chi connectivity index (χ1n) is 9.43. The zero-order valence-corrected chi connectivity index (χ0v) is 18.2. The van der Waals surface area contributed by atoms with Gasteiger partial charge in [-0.05, 0) is 37.5 Å². The van der Waals surface area contributed by atoms with E-state index < -0.39 is 6.04 Å². The first kappa shape index (κ1) is 23.8. The molecule has 7 heteroatoms. The quantitative estimate of drug-likeness (QED) is 0.704. The summed E-state index contributed by atoms with van der Waals surface area (Å²) in [5, 5.41) is 0. The molecule has 2 atom stereocenters. The van der Waals surface area contributed by atoms with Crippen LogP contribution in [0.1, 0.15) is 47.7 Å². The first-order chi connectivity index (χ1) is 12.4. The molecule has 2 unspecified atom stereocenters. The van der Waals surface area contributed by atoms with Gasteiger partial charge in [0.15, 0.2) is 0 Å². The number of carbonyl (C=O) groups excluding carboxylic acids is 2. The van der Waals surface area contributed by atoms with Gasteiger partial charge in [-0.1, -0.05) is 31.9 Å². The Labute approximate surface area is 174 Å². The van der Waals surface area contributed by atoms with E-state index in [-0.39, 0.29) is 30.3 Å². The molecule has 1 aromatic carbocycles. The Balaban J connectivity index is 0.00000364. The average molecular weight is 414 g/mol. The highest BCUT2D eigenvalue weighted by Crippen LogP contribution is 2.21. The number of nitrogens with zero attached hydrogens (tertiary/aromatic N) is 2. The average Bonchev–Trinajstić information content (AvgIpc) is 2.66. The Morgan fingerprint density at radius 3 is 2.63 bits per heavy atom. The topological polar surface area (TPSA) is 66.6 Å². The summed E-state index contributed by atoms with van der Waals surface area (Å²) in [6, 6.07) is 5.28. The molecule has 1 aromatic rings. The van der Waals surface area contributed by atoms with Gasteiger partial charge in [-0.15, -0.1) is 12.4 Å². The van der Waals surface area contributed by atoms with E-state index in [0.29, 0.717) is 25.4 Å². The molecule has 2 amide bonds. The van der Waals surface area contributed by atoms with E-state index in [1.54, 1.807) is 0 Å².